The van der Waals surface area contributed by atoms with E-state index in [1.165, 1.54) is 5.56 Å². The summed E-state index contributed by atoms with van der Waals surface area (Å²) in [4.78, 5) is 10.6. The molecule has 1 atom stereocenters. The van der Waals surface area contributed by atoms with Gasteiger partial charge in [0.15, 0.2) is 0 Å². The molecule has 17 heavy (non-hydrogen) atoms. The van der Waals surface area contributed by atoms with Crippen molar-refractivity contribution in [2.24, 2.45) is 5.92 Å². The number of benzene rings is 1. The zero-order valence-electron chi connectivity index (χ0n) is 10.6. The van der Waals surface area contributed by atoms with Gasteiger partial charge in [-0.25, -0.2) is 0 Å². The summed E-state index contributed by atoms with van der Waals surface area (Å²) in [6.45, 7) is 6.41. The van der Waals surface area contributed by atoms with Crippen LogP contribution in [0.5, 0.6) is 5.75 Å². The first-order valence-electron chi connectivity index (χ1n) is 5.96. The molecule has 0 aromatic heterocycles. The number of carbonyl (C=O) groups is 1. The molecule has 3 nitrogen and oxygen atoms in total. The molecule has 0 aliphatic rings. The van der Waals surface area contributed by atoms with Crippen LogP contribution in [0.3, 0.4) is 0 Å². The predicted octanol–water partition coefficient (Wildman–Crippen LogP) is 3.30. The van der Waals surface area contributed by atoms with Crippen molar-refractivity contribution in [3.8, 4) is 5.75 Å². The molecule has 0 spiro atoms. The van der Waals surface area contributed by atoms with Crippen LogP contribution in [0.2, 0.25) is 0 Å². The van der Waals surface area contributed by atoms with Crippen LogP contribution in [-0.4, -0.2) is 17.7 Å². The Morgan fingerprint density at radius 2 is 1.82 bits per heavy atom. The summed E-state index contributed by atoms with van der Waals surface area (Å²) >= 11 is 0. The van der Waals surface area contributed by atoms with Crippen LogP contribution in [0.25, 0.3) is 0 Å². The number of ether oxygens (including phenoxy) is 1. The third-order valence-electron chi connectivity index (χ3n) is 2.79. The van der Waals surface area contributed by atoms with Crippen molar-refractivity contribution >= 4 is 5.97 Å². The monoisotopic (exact) mass is 236 g/mol. The van der Waals surface area contributed by atoms with E-state index in [0.29, 0.717) is 18.9 Å². The molecule has 0 aliphatic carbocycles. The van der Waals surface area contributed by atoms with Gasteiger partial charge in [0.1, 0.15) is 5.75 Å². The molecule has 1 N–H and O–H groups in total. The van der Waals surface area contributed by atoms with Gasteiger partial charge in [-0.1, -0.05) is 32.9 Å². The van der Waals surface area contributed by atoms with Crippen LogP contribution in [0, 0.1) is 5.92 Å². The number of carboxylic acids is 1. The van der Waals surface area contributed by atoms with Gasteiger partial charge in [-0.3, -0.25) is 4.79 Å². The van der Waals surface area contributed by atoms with Gasteiger partial charge in [-0.15, -0.1) is 0 Å². The smallest absolute Gasteiger partial charge is 0.306 e. The molecular formula is C14H20O3. The van der Waals surface area contributed by atoms with Crippen molar-refractivity contribution in [3.05, 3.63) is 29.8 Å². The van der Waals surface area contributed by atoms with Gasteiger partial charge in [0.2, 0.25) is 0 Å². The standard InChI is InChI=1S/C14H20O3/c1-10(2)12-4-6-13(7-5-12)17-9-8-11(3)14(15)16/h4-7,10-11H,8-9H2,1-3H3,(H,15,16). The van der Waals surface area contributed by atoms with Gasteiger partial charge in [-0.05, 0) is 30.0 Å². The molecule has 1 unspecified atom stereocenters. The van der Waals surface area contributed by atoms with Gasteiger partial charge in [0.05, 0.1) is 12.5 Å². The maximum Gasteiger partial charge on any atom is 0.306 e. The molecule has 0 saturated heterocycles. The van der Waals surface area contributed by atoms with Crippen LogP contribution in [0.15, 0.2) is 24.3 Å². The molecule has 0 bridgehead atoms. The number of hydrogen-bond acceptors (Lipinski definition) is 2. The lowest BCUT2D eigenvalue weighted by Gasteiger charge is -2.10. The molecule has 0 aliphatic heterocycles. The van der Waals surface area contributed by atoms with Gasteiger partial charge in [-0.2, -0.15) is 0 Å². The fourth-order valence-electron chi connectivity index (χ4n) is 1.43. The zero-order valence-corrected chi connectivity index (χ0v) is 10.6. The van der Waals surface area contributed by atoms with E-state index in [1.807, 2.05) is 24.3 Å². The van der Waals surface area contributed by atoms with E-state index >= 15 is 0 Å². The normalized spacial score (nSPS) is 12.5. The van der Waals surface area contributed by atoms with Crippen LogP contribution < -0.4 is 4.74 Å². The van der Waals surface area contributed by atoms with Crippen molar-refractivity contribution < 1.29 is 14.6 Å². The maximum atomic E-state index is 10.6. The Morgan fingerprint density at radius 1 is 1.24 bits per heavy atom. The topological polar surface area (TPSA) is 46.5 Å². The average molecular weight is 236 g/mol. The summed E-state index contributed by atoms with van der Waals surface area (Å²) in [5.74, 6) is 0.178. The fraction of sp³-hybridized carbons (Fsp3) is 0.500. The minimum atomic E-state index is -0.774. The summed E-state index contributed by atoms with van der Waals surface area (Å²) < 4.78 is 5.50. The highest BCUT2D eigenvalue weighted by Gasteiger charge is 2.10. The van der Waals surface area contributed by atoms with Gasteiger partial charge in [0.25, 0.3) is 0 Å². The van der Waals surface area contributed by atoms with Crippen molar-refractivity contribution in [2.45, 2.75) is 33.1 Å². The van der Waals surface area contributed by atoms with E-state index in [2.05, 4.69) is 13.8 Å². The molecule has 1 aromatic carbocycles. The molecule has 1 rings (SSSR count). The summed E-state index contributed by atoms with van der Waals surface area (Å²) in [5.41, 5.74) is 1.27. The molecule has 0 amide bonds. The first-order chi connectivity index (χ1) is 8.00. The number of rotatable bonds is 6. The third-order valence-corrected chi connectivity index (χ3v) is 2.79. The van der Waals surface area contributed by atoms with Crippen LogP contribution in [-0.2, 0) is 4.79 Å². The van der Waals surface area contributed by atoms with E-state index in [9.17, 15) is 4.79 Å². The second-order valence-corrected chi connectivity index (χ2v) is 4.60. The van der Waals surface area contributed by atoms with Crippen LogP contribution in [0.1, 0.15) is 38.7 Å². The number of hydrogen-bond donors (Lipinski definition) is 1. The minimum Gasteiger partial charge on any atom is -0.494 e. The fourth-order valence-corrected chi connectivity index (χ4v) is 1.43. The first-order valence-corrected chi connectivity index (χ1v) is 5.96. The van der Waals surface area contributed by atoms with E-state index < -0.39 is 5.97 Å². The summed E-state index contributed by atoms with van der Waals surface area (Å²) in [6.07, 6.45) is 0.529. The van der Waals surface area contributed by atoms with Crippen molar-refractivity contribution in [3.63, 3.8) is 0 Å². The Kier molecular flexibility index (Phi) is 5.01. The van der Waals surface area contributed by atoms with Gasteiger partial charge >= 0.3 is 5.97 Å². The molecular weight excluding hydrogens is 216 g/mol. The third kappa shape index (κ3) is 4.47. The predicted molar refractivity (Wildman–Crippen MR) is 67.4 cm³/mol. The number of aliphatic carboxylic acids is 1. The summed E-state index contributed by atoms with van der Waals surface area (Å²) in [6, 6.07) is 7.95. The molecule has 0 fully saturated rings. The lowest BCUT2D eigenvalue weighted by molar-refractivity contribution is -0.141. The second kappa shape index (κ2) is 6.28. The quantitative estimate of drug-likeness (QED) is 0.824. The first kappa shape index (κ1) is 13.6. The Labute approximate surface area is 102 Å². The van der Waals surface area contributed by atoms with E-state index in [4.69, 9.17) is 9.84 Å². The van der Waals surface area contributed by atoms with E-state index in [1.54, 1.807) is 6.92 Å². The zero-order chi connectivity index (χ0) is 12.8. The Bertz CT molecular complexity index is 354. The maximum absolute atomic E-state index is 10.6. The average Bonchev–Trinajstić information content (AvgIpc) is 2.29. The molecule has 1 aromatic rings. The molecule has 0 heterocycles. The van der Waals surface area contributed by atoms with E-state index in [0.717, 1.165) is 5.75 Å². The summed E-state index contributed by atoms with van der Waals surface area (Å²) in [7, 11) is 0. The second-order valence-electron chi connectivity index (χ2n) is 4.60. The lowest BCUT2D eigenvalue weighted by Crippen LogP contribution is -2.13. The highest BCUT2D eigenvalue weighted by molar-refractivity contribution is 5.69. The lowest BCUT2D eigenvalue weighted by atomic mass is 10.0. The van der Waals surface area contributed by atoms with Gasteiger partial charge in [0, 0.05) is 0 Å². The molecule has 3 heteroatoms. The van der Waals surface area contributed by atoms with Gasteiger partial charge < -0.3 is 9.84 Å². The highest BCUT2D eigenvalue weighted by atomic mass is 16.5. The molecule has 0 radical (unpaired) electrons. The van der Waals surface area contributed by atoms with E-state index in [-0.39, 0.29) is 5.92 Å². The summed E-state index contributed by atoms with van der Waals surface area (Å²) in [5, 5.41) is 8.72. The highest BCUT2D eigenvalue weighted by Crippen LogP contribution is 2.18. The number of carboxylic acid groups (broad SMARTS) is 1. The van der Waals surface area contributed by atoms with Crippen molar-refractivity contribution in [1.29, 1.82) is 0 Å². The SMILES string of the molecule is CC(CCOc1ccc(C(C)C)cc1)C(=O)O. The van der Waals surface area contributed by atoms with Crippen LogP contribution >= 0.6 is 0 Å². The largest absolute Gasteiger partial charge is 0.494 e. The molecule has 94 valence electrons. The Hall–Kier alpha value is -1.51. The Balaban J connectivity index is 2.40. The van der Waals surface area contributed by atoms with Crippen molar-refractivity contribution in [1.82, 2.24) is 0 Å². The Morgan fingerprint density at radius 3 is 2.29 bits per heavy atom. The van der Waals surface area contributed by atoms with Crippen molar-refractivity contribution in [2.75, 3.05) is 6.61 Å². The minimum absolute atomic E-state index is 0.357. The molecule has 0 saturated carbocycles. The van der Waals surface area contributed by atoms with Crippen LogP contribution in [0.4, 0.5) is 0 Å².